The Labute approximate surface area is 193 Å². The van der Waals surface area contributed by atoms with Crippen LogP contribution in [0.5, 0.6) is 0 Å². The van der Waals surface area contributed by atoms with E-state index in [4.69, 9.17) is 9.72 Å². The van der Waals surface area contributed by atoms with Crippen LogP contribution in [0.15, 0.2) is 40.8 Å². The molecule has 170 valence electrons. The summed E-state index contributed by atoms with van der Waals surface area (Å²) in [5.41, 5.74) is 3.68. The average Bonchev–Trinajstić information content (AvgIpc) is 3.27. The zero-order chi connectivity index (χ0) is 22.4. The van der Waals surface area contributed by atoms with Gasteiger partial charge in [0.05, 0.1) is 18.9 Å². The van der Waals surface area contributed by atoms with E-state index in [1.54, 1.807) is 11.3 Å². The number of nitrogens with one attached hydrogen (secondary N) is 2. The highest BCUT2D eigenvalue weighted by molar-refractivity contribution is 7.13. The zero-order valence-electron chi connectivity index (χ0n) is 18.8. The van der Waals surface area contributed by atoms with E-state index < -0.39 is 0 Å². The topological polar surface area (TPSA) is 78.9 Å². The lowest BCUT2D eigenvalue weighted by molar-refractivity contribution is -0.116. The fraction of sp³-hybridized carbons (Fsp3) is 0.458. The maximum Gasteiger partial charge on any atom is 0.224 e. The van der Waals surface area contributed by atoms with Crippen LogP contribution >= 0.6 is 11.3 Å². The van der Waals surface area contributed by atoms with Gasteiger partial charge in [-0.2, -0.15) is 0 Å². The lowest BCUT2D eigenvalue weighted by atomic mass is 9.84. The number of anilines is 3. The van der Waals surface area contributed by atoms with E-state index in [-0.39, 0.29) is 11.3 Å². The van der Waals surface area contributed by atoms with Gasteiger partial charge in [0.1, 0.15) is 0 Å². The predicted molar refractivity (Wildman–Crippen MR) is 131 cm³/mol. The van der Waals surface area contributed by atoms with Crippen molar-refractivity contribution in [2.24, 2.45) is 4.99 Å². The number of aromatic nitrogens is 1. The average molecular weight is 454 g/mol. The summed E-state index contributed by atoms with van der Waals surface area (Å²) in [7, 11) is 0. The standard InChI is InChI=1S/C24H31N5O2S/c1-18-6-7-19(26-22(30)5-3-10-29-11-13-31-14-12-29)15-20(18)27-23-28-21(16-32-23)24(2)8-4-9-25-17-24/h4,6-7,9,15-17H,3,5,8,10-14H2,1-2H3,(H,26,30)(H,27,28). The van der Waals surface area contributed by atoms with Gasteiger partial charge in [0.15, 0.2) is 5.13 Å². The van der Waals surface area contributed by atoms with Crippen molar-refractivity contribution >= 4 is 40.0 Å². The predicted octanol–water partition coefficient (Wildman–Crippen LogP) is 4.49. The summed E-state index contributed by atoms with van der Waals surface area (Å²) < 4.78 is 5.37. The number of benzene rings is 1. The summed E-state index contributed by atoms with van der Waals surface area (Å²) in [5.74, 6) is 0.0437. The van der Waals surface area contributed by atoms with Crippen molar-refractivity contribution in [2.45, 2.75) is 38.5 Å². The normalized spacial score (nSPS) is 20.9. The molecule has 0 bridgehead atoms. The van der Waals surface area contributed by atoms with Crippen LogP contribution in [0, 0.1) is 6.92 Å². The number of aryl methyl sites for hydroxylation is 1. The molecule has 0 spiro atoms. The van der Waals surface area contributed by atoms with E-state index in [2.05, 4.69) is 38.9 Å². The highest BCUT2D eigenvalue weighted by Gasteiger charge is 2.27. The van der Waals surface area contributed by atoms with Crippen molar-refractivity contribution in [2.75, 3.05) is 43.5 Å². The lowest BCUT2D eigenvalue weighted by Crippen LogP contribution is -2.37. The quantitative estimate of drug-likeness (QED) is 0.616. The summed E-state index contributed by atoms with van der Waals surface area (Å²) in [6.07, 6.45) is 8.13. The van der Waals surface area contributed by atoms with Crippen molar-refractivity contribution in [1.29, 1.82) is 0 Å². The number of hydrogen-bond donors (Lipinski definition) is 2. The van der Waals surface area contributed by atoms with Gasteiger partial charge >= 0.3 is 0 Å². The van der Waals surface area contributed by atoms with E-state index in [0.717, 1.165) is 73.5 Å². The van der Waals surface area contributed by atoms with Gasteiger partial charge in [-0.15, -0.1) is 11.3 Å². The Morgan fingerprint density at radius 3 is 2.94 bits per heavy atom. The van der Waals surface area contributed by atoms with Gasteiger partial charge < -0.3 is 15.4 Å². The number of ether oxygens (including phenoxy) is 1. The molecule has 2 aliphatic rings. The third-order valence-corrected chi connectivity index (χ3v) is 6.68. The number of amides is 1. The number of carbonyl (C=O) groups is 1. The second-order valence-corrected chi connectivity index (χ2v) is 9.44. The Morgan fingerprint density at radius 1 is 1.31 bits per heavy atom. The van der Waals surface area contributed by atoms with Crippen LogP contribution in [-0.4, -0.2) is 54.9 Å². The van der Waals surface area contributed by atoms with Crippen LogP contribution in [0.4, 0.5) is 16.5 Å². The minimum absolute atomic E-state index is 0.0437. The van der Waals surface area contributed by atoms with Crippen LogP contribution in [0.2, 0.25) is 0 Å². The Bertz CT molecular complexity index is 996. The number of rotatable bonds is 8. The number of morpholine rings is 1. The molecule has 1 atom stereocenters. The van der Waals surface area contributed by atoms with Crippen molar-refractivity contribution in [1.82, 2.24) is 9.88 Å². The first-order chi connectivity index (χ1) is 15.5. The maximum atomic E-state index is 12.4. The lowest BCUT2D eigenvalue weighted by Gasteiger charge is -2.26. The molecule has 2 aromatic rings. The van der Waals surface area contributed by atoms with E-state index in [9.17, 15) is 4.79 Å². The van der Waals surface area contributed by atoms with Crippen LogP contribution in [0.1, 0.15) is 37.4 Å². The van der Waals surface area contributed by atoms with Gasteiger partial charge in [-0.25, -0.2) is 4.98 Å². The fourth-order valence-electron chi connectivity index (χ4n) is 3.84. The summed E-state index contributed by atoms with van der Waals surface area (Å²) in [6, 6.07) is 5.93. The molecule has 32 heavy (non-hydrogen) atoms. The first kappa shape index (κ1) is 22.6. The van der Waals surface area contributed by atoms with Crippen molar-refractivity contribution in [3.05, 3.63) is 47.1 Å². The zero-order valence-corrected chi connectivity index (χ0v) is 19.6. The van der Waals surface area contributed by atoms with E-state index in [1.807, 2.05) is 37.5 Å². The van der Waals surface area contributed by atoms with Crippen LogP contribution in [0.3, 0.4) is 0 Å². The van der Waals surface area contributed by atoms with Gasteiger partial charge in [-0.3, -0.25) is 14.7 Å². The summed E-state index contributed by atoms with van der Waals surface area (Å²) in [4.78, 5) is 23.9. The van der Waals surface area contributed by atoms with Crippen molar-refractivity contribution in [3.8, 4) is 0 Å². The summed E-state index contributed by atoms with van der Waals surface area (Å²) in [6.45, 7) is 8.62. The van der Waals surface area contributed by atoms with Crippen LogP contribution in [-0.2, 0) is 14.9 Å². The highest BCUT2D eigenvalue weighted by Crippen LogP contribution is 2.33. The van der Waals surface area contributed by atoms with Gasteiger partial charge in [-0.05, 0) is 50.9 Å². The van der Waals surface area contributed by atoms with Crippen LogP contribution < -0.4 is 10.6 Å². The molecule has 4 rings (SSSR count). The molecular weight excluding hydrogens is 422 g/mol. The smallest absolute Gasteiger partial charge is 0.224 e. The first-order valence-corrected chi connectivity index (χ1v) is 12.0. The second-order valence-electron chi connectivity index (χ2n) is 8.58. The van der Waals surface area contributed by atoms with Gasteiger partial charge in [0, 0.05) is 54.1 Å². The third kappa shape index (κ3) is 5.82. The molecule has 1 unspecified atom stereocenters. The first-order valence-electron chi connectivity index (χ1n) is 11.1. The molecule has 0 saturated carbocycles. The highest BCUT2D eigenvalue weighted by atomic mass is 32.1. The van der Waals surface area contributed by atoms with E-state index >= 15 is 0 Å². The molecule has 1 amide bonds. The maximum absolute atomic E-state index is 12.4. The molecule has 8 heteroatoms. The van der Waals surface area contributed by atoms with Gasteiger partial charge in [-0.1, -0.05) is 12.1 Å². The Kier molecular flexibility index (Phi) is 7.34. The number of aliphatic imine (C=N–C) groups is 1. The van der Waals surface area contributed by atoms with E-state index in [1.165, 1.54) is 0 Å². The summed E-state index contributed by atoms with van der Waals surface area (Å²) in [5, 5.41) is 9.38. The molecule has 1 aromatic heterocycles. The second kappa shape index (κ2) is 10.4. The molecule has 7 nitrogen and oxygen atoms in total. The van der Waals surface area contributed by atoms with Gasteiger partial charge in [0.2, 0.25) is 5.91 Å². The number of hydrogen-bond acceptors (Lipinski definition) is 7. The van der Waals surface area contributed by atoms with Crippen molar-refractivity contribution < 1.29 is 9.53 Å². The molecule has 1 fully saturated rings. The Morgan fingerprint density at radius 2 is 2.16 bits per heavy atom. The molecule has 3 heterocycles. The minimum atomic E-state index is -0.169. The minimum Gasteiger partial charge on any atom is -0.379 e. The number of allylic oxidation sites excluding steroid dienone is 1. The third-order valence-electron chi connectivity index (χ3n) is 5.93. The molecule has 0 radical (unpaired) electrons. The van der Waals surface area contributed by atoms with Crippen molar-refractivity contribution in [3.63, 3.8) is 0 Å². The van der Waals surface area contributed by atoms with E-state index in [0.29, 0.717) is 6.42 Å². The molecule has 2 N–H and O–H groups in total. The Hall–Kier alpha value is -2.55. The molecule has 2 aliphatic heterocycles. The van der Waals surface area contributed by atoms with Crippen LogP contribution in [0.25, 0.3) is 0 Å². The van der Waals surface area contributed by atoms with Gasteiger partial charge in [0.25, 0.3) is 0 Å². The molecule has 1 saturated heterocycles. The Balaban J connectivity index is 1.33. The molecule has 0 aliphatic carbocycles. The monoisotopic (exact) mass is 453 g/mol. The molecular formula is C24H31N5O2S. The largest absolute Gasteiger partial charge is 0.379 e. The molecule has 1 aromatic carbocycles. The number of thiazole rings is 1. The summed E-state index contributed by atoms with van der Waals surface area (Å²) >= 11 is 1.58. The SMILES string of the molecule is Cc1ccc(NC(=O)CCCN2CCOCC2)cc1Nc1nc(C2(C)C=NC=CC2)cs1. The number of carbonyl (C=O) groups excluding carboxylic acids is 1. The number of nitrogens with zero attached hydrogens (tertiary/aromatic N) is 3. The fourth-order valence-corrected chi connectivity index (χ4v) is 4.71.